The number of sulfonamides is 1. The summed E-state index contributed by atoms with van der Waals surface area (Å²) in [5.74, 6) is 0.0472. The summed E-state index contributed by atoms with van der Waals surface area (Å²) in [5, 5.41) is 5.56. The minimum Gasteiger partial charge on any atom is -0.374 e. The van der Waals surface area contributed by atoms with E-state index in [9.17, 15) is 13.2 Å². The average Bonchev–Trinajstić information content (AvgIpc) is 2.35. The molecule has 0 unspecified atom stereocenters. The molecule has 19 heavy (non-hydrogen) atoms. The molecule has 0 saturated heterocycles. The Morgan fingerprint density at radius 2 is 2.05 bits per heavy atom. The number of rotatable bonds is 4. The third-order valence-electron chi connectivity index (χ3n) is 2.70. The van der Waals surface area contributed by atoms with E-state index in [-0.39, 0.29) is 23.3 Å². The van der Waals surface area contributed by atoms with Crippen molar-refractivity contribution in [2.75, 3.05) is 23.7 Å². The molecule has 3 N–H and O–H groups in total. The lowest BCUT2D eigenvalue weighted by atomic mass is 10.2. The second-order valence-electron chi connectivity index (χ2n) is 4.85. The maximum absolute atomic E-state index is 12.1. The molecule has 0 radical (unpaired) electrons. The number of hydrogen-bond acceptors (Lipinski definition) is 4. The Bertz CT molecular complexity index is 596. The minimum absolute atomic E-state index is 0.149. The van der Waals surface area contributed by atoms with Gasteiger partial charge in [-0.2, -0.15) is 0 Å². The highest BCUT2D eigenvalue weighted by atomic mass is 32.2. The lowest BCUT2D eigenvalue weighted by molar-refractivity contribution is -0.114. The van der Waals surface area contributed by atoms with Gasteiger partial charge in [0.05, 0.1) is 22.8 Å². The van der Waals surface area contributed by atoms with Crippen molar-refractivity contribution < 1.29 is 13.2 Å². The average molecular weight is 283 g/mol. The topological polar surface area (TPSA) is 87.3 Å². The molecule has 1 aromatic rings. The Balaban J connectivity index is 2.26. The third kappa shape index (κ3) is 3.24. The number of nitrogens with one attached hydrogen (secondary N) is 3. The van der Waals surface area contributed by atoms with Gasteiger partial charge < -0.3 is 10.6 Å². The molecule has 0 saturated carbocycles. The van der Waals surface area contributed by atoms with Crippen molar-refractivity contribution in [3.8, 4) is 0 Å². The van der Waals surface area contributed by atoms with Crippen LogP contribution in [0.5, 0.6) is 0 Å². The van der Waals surface area contributed by atoms with Crippen LogP contribution in [0.4, 0.5) is 11.4 Å². The van der Waals surface area contributed by atoms with E-state index in [4.69, 9.17) is 0 Å². The summed E-state index contributed by atoms with van der Waals surface area (Å²) in [6.07, 6.45) is 0. The molecule has 7 heteroatoms. The van der Waals surface area contributed by atoms with E-state index in [1.165, 1.54) is 12.1 Å². The second kappa shape index (κ2) is 5.18. The molecule has 1 aromatic carbocycles. The van der Waals surface area contributed by atoms with Gasteiger partial charge in [0.15, 0.2) is 0 Å². The number of fused-ring (bicyclic) bond motifs is 1. The van der Waals surface area contributed by atoms with Crippen LogP contribution < -0.4 is 15.4 Å². The fourth-order valence-electron chi connectivity index (χ4n) is 1.68. The third-order valence-corrected chi connectivity index (χ3v) is 4.12. The molecule has 0 bridgehead atoms. The van der Waals surface area contributed by atoms with Gasteiger partial charge in [-0.05, 0) is 24.1 Å². The molecule has 0 spiro atoms. The summed E-state index contributed by atoms with van der Waals surface area (Å²) in [4.78, 5) is 11.4. The first-order valence-corrected chi connectivity index (χ1v) is 7.54. The molecule has 104 valence electrons. The van der Waals surface area contributed by atoms with Crippen LogP contribution in [0.3, 0.4) is 0 Å². The predicted molar refractivity (Wildman–Crippen MR) is 73.6 cm³/mol. The normalized spacial score (nSPS) is 14.8. The monoisotopic (exact) mass is 283 g/mol. The number of benzene rings is 1. The van der Waals surface area contributed by atoms with E-state index in [1.54, 1.807) is 6.07 Å². The second-order valence-corrected chi connectivity index (χ2v) is 6.62. The van der Waals surface area contributed by atoms with Crippen molar-refractivity contribution in [1.82, 2.24) is 4.72 Å². The zero-order valence-corrected chi connectivity index (χ0v) is 11.7. The standard InChI is InChI=1S/C12H17N3O3S/c1-8(2)6-14-19(17,18)9-3-4-10-11(5-9)15-12(16)7-13-10/h3-5,8,13-14H,6-7H2,1-2H3,(H,15,16). The summed E-state index contributed by atoms with van der Waals surface area (Å²) < 4.78 is 26.7. The van der Waals surface area contributed by atoms with Gasteiger partial charge in [0.1, 0.15) is 0 Å². The lowest BCUT2D eigenvalue weighted by Gasteiger charge is -2.19. The summed E-state index contributed by atoms with van der Waals surface area (Å²) in [6, 6.07) is 4.63. The van der Waals surface area contributed by atoms with Crippen molar-refractivity contribution in [3.63, 3.8) is 0 Å². The molecule has 1 amide bonds. The van der Waals surface area contributed by atoms with Gasteiger partial charge >= 0.3 is 0 Å². The number of carbonyl (C=O) groups excluding carboxylic acids is 1. The number of anilines is 2. The first-order valence-electron chi connectivity index (χ1n) is 6.06. The van der Waals surface area contributed by atoms with Crippen molar-refractivity contribution in [2.24, 2.45) is 5.92 Å². The highest BCUT2D eigenvalue weighted by molar-refractivity contribution is 7.89. The van der Waals surface area contributed by atoms with E-state index in [1.807, 2.05) is 13.8 Å². The maximum atomic E-state index is 12.1. The minimum atomic E-state index is -3.54. The molecule has 1 aliphatic heterocycles. The Labute approximate surface area is 112 Å². The molecular formula is C12H17N3O3S. The van der Waals surface area contributed by atoms with Gasteiger partial charge in [-0.15, -0.1) is 0 Å². The number of hydrogen-bond donors (Lipinski definition) is 3. The van der Waals surface area contributed by atoms with Gasteiger partial charge in [-0.1, -0.05) is 13.8 Å². The highest BCUT2D eigenvalue weighted by Gasteiger charge is 2.19. The van der Waals surface area contributed by atoms with E-state index < -0.39 is 10.0 Å². The SMILES string of the molecule is CC(C)CNS(=O)(=O)c1ccc2c(c1)NC(=O)CN2. The van der Waals surface area contributed by atoms with Crippen LogP contribution in [0.25, 0.3) is 0 Å². The number of amides is 1. The van der Waals surface area contributed by atoms with Gasteiger partial charge in [0.2, 0.25) is 15.9 Å². The van der Waals surface area contributed by atoms with E-state index >= 15 is 0 Å². The zero-order valence-electron chi connectivity index (χ0n) is 10.9. The molecule has 6 nitrogen and oxygen atoms in total. The Hall–Kier alpha value is -1.60. The van der Waals surface area contributed by atoms with E-state index in [0.29, 0.717) is 12.2 Å². The van der Waals surface area contributed by atoms with E-state index in [0.717, 1.165) is 5.69 Å². The van der Waals surface area contributed by atoms with Crippen LogP contribution in [-0.4, -0.2) is 27.4 Å². The molecule has 2 rings (SSSR count). The molecule has 1 aliphatic rings. The van der Waals surface area contributed by atoms with Crippen molar-refractivity contribution in [2.45, 2.75) is 18.7 Å². The van der Waals surface area contributed by atoms with Crippen LogP contribution in [0, 0.1) is 5.92 Å². The Morgan fingerprint density at radius 3 is 2.74 bits per heavy atom. The molecule has 0 aromatic heterocycles. The summed E-state index contributed by atoms with van der Waals surface area (Å²) in [6.45, 7) is 4.44. The van der Waals surface area contributed by atoms with Crippen LogP contribution in [0.2, 0.25) is 0 Å². The molecule has 0 atom stereocenters. The van der Waals surface area contributed by atoms with Gasteiger partial charge in [0.25, 0.3) is 0 Å². The Morgan fingerprint density at radius 1 is 1.32 bits per heavy atom. The smallest absolute Gasteiger partial charge is 0.243 e. The zero-order chi connectivity index (χ0) is 14.0. The largest absolute Gasteiger partial charge is 0.374 e. The fraction of sp³-hybridized carbons (Fsp3) is 0.417. The summed E-state index contributed by atoms with van der Waals surface area (Å²) >= 11 is 0. The van der Waals surface area contributed by atoms with Gasteiger partial charge in [-0.3, -0.25) is 4.79 Å². The van der Waals surface area contributed by atoms with Crippen LogP contribution in [-0.2, 0) is 14.8 Å². The van der Waals surface area contributed by atoms with Gasteiger partial charge in [0, 0.05) is 6.54 Å². The molecular weight excluding hydrogens is 266 g/mol. The first-order chi connectivity index (χ1) is 8.88. The van der Waals surface area contributed by atoms with Crippen molar-refractivity contribution in [1.29, 1.82) is 0 Å². The maximum Gasteiger partial charge on any atom is 0.243 e. The molecule has 1 heterocycles. The molecule has 0 fully saturated rings. The first kappa shape index (κ1) is 13.8. The van der Waals surface area contributed by atoms with Gasteiger partial charge in [-0.25, -0.2) is 13.1 Å². The quantitative estimate of drug-likeness (QED) is 0.769. The summed E-state index contributed by atoms with van der Waals surface area (Å²) in [5.41, 5.74) is 1.21. The molecule has 0 aliphatic carbocycles. The van der Waals surface area contributed by atoms with Crippen LogP contribution in [0.15, 0.2) is 23.1 Å². The predicted octanol–water partition coefficient (Wildman–Crippen LogP) is 0.985. The van der Waals surface area contributed by atoms with Crippen LogP contribution in [0.1, 0.15) is 13.8 Å². The van der Waals surface area contributed by atoms with Crippen molar-refractivity contribution >= 4 is 27.3 Å². The van der Waals surface area contributed by atoms with Crippen molar-refractivity contribution in [3.05, 3.63) is 18.2 Å². The fourth-order valence-corrected chi connectivity index (χ4v) is 2.92. The Kier molecular flexibility index (Phi) is 3.77. The lowest BCUT2D eigenvalue weighted by Crippen LogP contribution is -2.29. The highest BCUT2D eigenvalue weighted by Crippen LogP contribution is 2.27. The van der Waals surface area contributed by atoms with Crippen LogP contribution >= 0.6 is 0 Å². The van der Waals surface area contributed by atoms with E-state index in [2.05, 4.69) is 15.4 Å². The summed E-state index contributed by atoms with van der Waals surface area (Å²) in [7, 11) is -3.54. The number of carbonyl (C=O) groups is 1.